The van der Waals surface area contributed by atoms with Crippen LogP contribution in [0.3, 0.4) is 0 Å². The molecule has 5 heteroatoms. The monoisotopic (exact) mass is 355 g/mol. The number of nitrogens with two attached hydrogens (primary N) is 1. The summed E-state index contributed by atoms with van der Waals surface area (Å²) < 4.78 is 13.1. The van der Waals surface area contributed by atoms with Crippen molar-refractivity contribution in [1.82, 2.24) is 10.2 Å². The van der Waals surface area contributed by atoms with Crippen molar-refractivity contribution in [2.45, 2.75) is 37.9 Å². The van der Waals surface area contributed by atoms with Crippen LogP contribution < -0.4 is 11.1 Å². The molecule has 3 rings (SSSR count). The van der Waals surface area contributed by atoms with E-state index in [1.165, 1.54) is 12.1 Å². The van der Waals surface area contributed by atoms with Crippen molar-refractivity contribution in [3.63, 3.8) is 0 Å². The first-order valence-electron chi connectivity index (χ1n) is 9.20. The van der Waals surface area contributed by atoms with Gasteiger partial charge < -0.3 is 11.1 Å². The van der Waals surface area contributed by atoms with Gasteiger partial charge in [-0.1, -0.05) is 48.9 Å². The van der Waals surface area contributed by atoms with Crippen molar-refractivity contribution in [1.29, 1.82) is 0 Å². The molecule has 0 saturated carbocycles. The number of piperidine rings is 1. The van der Waals surface area contributed by atoms with Gasteiger partial charge in [0.15, 0.2) is 0 Å². The minimum absolute atomic E-state index is 0.0261. The Kier molecular flexibility index (Phi) is 6.36. The molecular formula is C21H26FN3O. The molecule has 0 bridgehead atoms. The normalized spacial score (nSPS) is 19.1. The summed E-state index contributed by atoms with van der Waals surface area (Å²) in [5.74, 6) is -0.213. The van der Waals surface area contributed by atoms with Crippen molar-refractivity contribution >= 4 is 5.91 Å². The molecule has 1 heterocycles. The summed E-state index contributed by atoms with van der Waals surface area (Å²) in [6, 6.07) is 15.9. The molecule has 0 radical (unpaired) electrons. The number of nitrogens with zero attached hydrogens (tertiary/aromatic N) is 1. The van der Waals surface area contributed by atoms with Crippen LogP contribution in [0.5, 0.6) is 0 Å². The molecule has 4 nitrogen and oxygen atoms in total. The average Bonchev–Trinajstić information content (AvgIpc) is 2.68. The van der Waals surface area contributed by atoms with E-state index >= 15 is 0 Å². The van der Waals surface area contributed by atoms with Gasteiger partial charge in [0.25, 0.3) is 0 Å². The number of amides is 1. The first-order valence-corrected chi connectivity index (χ1v) is 9.20. The molecule has 2 unspecified atom stereocenters. The maximum atomic E-state index is 13.1. The molecule has 0 spiro atoms. The largest absolute Gasteiger partial charge is 0.353 e. The van der Waals surface area contributed by atoms with Gasteiger partial charge in [-0.05, 0) is 42.6 Å². The number of benzene rings is 2. The van der Waals surface area contributed by atoms with Gasteiger partial charge in [0.1, 0.15) is 5.82 Å². The van der Waals surface area contributed by atoms with E-state index in [2.05, 4.69) is 10.2 Å². The number of nitrogens with one attached hydrogen (secondary N) is 1. The second-order valence-corrected chi connectivity index (χ2v) is 6.87. The summed E-state index contributed by atoms with van der Waals surface area (Å²) in [5.41, 5.74) is 8.22. The van der Waals surface area contributed by atoms with Crippen LogP contribution in [0.15, 0.2) is 54.6 Å². The first-order chi connectivity index (χ1) is 12.6. The fourth-order valence-corrected chi connectivity index (χ4v) is 3.45. The van der Waals surface area contributed by atoms with Gasteiger partial charge in [-0.25, -0.2) is 4.39 Å². The highest BCUT2D eigenvalue weighted by atomic mass is 19.1. The molecule has 0 aromatic heterocycles. The summed E-state index contributed by atoms with van der Waals surface area (Å²) in [6.45, 7) is 1.95. The Balaban J connectivity index is 1.58. The number of rotatable bonds is 6. The quantitative estimate of drug-likeness (QED) is 0.837. The standard InChI is InChI=1S/C21H26FN3O/c22-18-11-9-16(10-12-18)15-25-13-5-4-8-20(25)21(26)24-14-19(23)17-6-2-1-3-7-17/h1-3,6-7,9-12,19-20H,4-5,8,13-15,23H2,(H,24,26). The Morgan fingerprint density at radius 3 is 2.62 bits per heavy atom. The molecule has 3 N–H and O–H groups in total. The smallest absolute Gasteiger partial charge is 0.237 e. The number of hydrogen-bond acceptors (Lipinski definition) is 3. The Hall–Kier alpha value is -2.24. The van der Waals surface area contributed by atoms with Crippen LogP contribution in [-0.4, -0.2) is 29.9 Å². The molecule has 2 aromatic rings. The molecule has 2 atom stereocenters. The van der Waals surface area contributed by atoms with E-state index in [0.29, 0.717) is 13.1 Å². The van der Waals surface area contributed by atoms with Crippen molar-refractivity contribution in [3.8, 4) is 0 Å². The molecule has 1 amide bonds. The van der Waals surface area contributed by atoms with E-state index in [-0.39, 0.29) is 23.8 Å². The number of carbonyl (C=O) groups is 1. The van der Waals surface area contributed by atoms with Gasteiger partial charge in [0.05, 0.1) is 6.04 Å². The van der Waals surface area contributed by atoms with Crippen LogP contribution in [0.25, 0.3) is 0 Å². The fourth-order valence-electron chi connectivity index (χ4n) is 3.45. The summed E-state index contributed by atoms with van der Waals surface area (Å²) in [6.07, 6.45) is 2.96. The zero-order valence-corrected chi connectivity index (χ0v) is 14.9. The van der Waals surface area contributed by atoms with Crippen LogP contribution >= 0.6 is 0 Å². The van der Waals surface area contributed by atoms with E-state index in [0.717, 1.165) is 36.9 Å². The Morgan fingerprint density at radius 1 is 1.15 bits per heavy atom. The van der Waals surface area contributed by atoms with Crippen molar-refractivity contribution in [2.24, 2.45) is 5.73 Å². The predicted molar refractivity (Wildman–Crippen MR) is 101 cm³/mol. The molecule has 1 aliphatic heterocycles. The average molecular weight is 355 g/mol. The molecule has 1 aliphatic rings. The lowest BCUT2D eigenvalue weighted by Gasteiger charge is -2.35. The highest BCUT2D eigenvalue weighted by Crippen LogP contribution is 2.20. The zero-order chi connectivity index (χ0) is 18.4. The van der Waals surface area contributed by atoms with Gasteiger partial charge >= 0.3 is 0 Å². The second-order valence-electron chi connectivity index (χ2n) is 6.87. The Bertz CT molecular complexity index is 705. The fraction of sp³-hybridized carbons (Fsp3) is 0.381. The topological polar surface area (TPSA) is 58.4 Å². The van der Waals surface area contributed by atoms with Crippen molar-refractivity contribution in [2.75, 3.05) is 13.1 Å². The molecule has 138 valence electrons. The number of carbonyl (C=O) groups excluding carboxylic acids is 1. The van der Waals surface area contributed by atoms with E-state index in [1.807, 2.05) is 30.3 Å². The molecule has 2 aromatic carbocycles. The van der Waals surface area contributed by atoms with E-state index in [1.54, 1.807) is 12.1 Å². The molecule has 0 aliphatic carbocycles. The van der Waals surface area contributed by atoms with Crippen LogP contribution in [0.1, 0.15) is 36.4 Å². The highest BCUT2D eigenvalue weighted by molar-refractivity contribution is 5.81. The second kappa shape index (κ2) is 8.92. The van der Waals surface area contributed by atoms with E-state index in [4.69, 9.17) is 5.73 Å². The molecule has 1 fully saturated rings. The van der Waals surface area contributed by atoms with Crippen LogP contribution in [0.4, 0.5) is 4.39 Å². The minimum atomic E-state index is -0.239. The maximum Gasteiger partial charge on any atom is 0.237 e. The van der Waals surface area contributed by atoms with Crippen LogP contribution in [0, 0.1) is 5.82 Å². The zero-order valence-electron chi connectivity index (χ0n) is 14.9. The van der Waals surface area contributed by atoms with Crippen molar-refractivity contribution < 1.29 is 9.18 Å². The lowest BCUT2D eigenvalue weighted by Crippen LogP contribution is -2.50. The minimum Gasteiger partial charge on any atom is -0.353 e. The van der Waals surface area contributed by atoms with Crippen molar-refractivity contribution in [3.05, 3.63) is 71.5 Å². The third-order valence-electron chi connectivity index (χ3n) is 4.94. The molecule has 1 saturated heterocycles. The van der Waals surface area contributed by atoms with E-state index in [9.17, 15) is 9.18 Å². The SMILES string of the molecule is NC(CNC(=O)C1CCCCN1Cc1ccc(F)cc1)c1ccccc1. The molecule has 26 heavy (non-hydrogen) atoms. The summed E-state index contributed by atoms with van der Waals surface area (Å²) in [7, 11) is 0. The third kappa shape index (κ3) is 4.90. The maximum absolute atomic E-state index is 13.1. The highest BCUT2D eigenvalue weighted by Gasteiger charge is 2.28. The van der Waals surface area contributed by atoms with Gasteiger partial charge in [0.2, 0.25) is 5.91 Å². The van der Waals surface area contributed by atoms with Gasteiger partial charge in [-0.2, -0.15) is 0 Å². The number of hydrogen-bond donors (Lipinski definition) is 2. The molecular weight excluding hydrogens is 329 g/mol. The van der Waals surface area contributed by atoms with Gasteiger partial charge in [-0.15, -0.1) is 0 Å². The Labute approximate surface area is 154 Å². The van der Waals surface area contributed by atoms with Crippen LogP contribution in [0.2, 0.25) is 0 Å². The first kappa shape index (κ1) is 18.5. The third-order valence-corrected chi connectivity index (χ3v) is 4.94. The van der Waals surface area contributed by atoms with Crippen LogP contribution in [-0.2, 0) is 11.3 Å². The summed E-state index contributed by atoms with van der Waals surface area (Å²) >= 11 is 0. The van der Waals surface area contributed by atoms with Gasteiger partial charge in [-0.3, -0.25) is 9.69 Å². The summed E-state index contributed by atoms with van der Waals surface area (Å²) in [4.78, 5) is 14.9. The Morgan fingerprint density at radius 2 is 1.88 bits per heavy atom. The van der Waals surface area contributed by atoms with Gasteiger partial charge in [0, 0.05) is 19.1 Å². The number of halogens is 1. The summed E-state index contributed by atoms with van der Waals surface area (Å²) in [5, 5.41) is 3.01. The number of likely N-dealkylation sites (tertiary alicyclic amines) is 1. The van der Waals surface area contributed by atoms with E-state index < -0.39 is 0 Å². The lowest BCUT2D eigenvalue weighted by molar-refractivity contribution is -0.128. The predicted octanol–water partition coefficient (Wildman–Crippen LogP) is 3.00. The lowest BCUT2D eigenvalue weighted by atomic mass is 10.00.